The molecule has 6 nitrogen and oxygen atoms in total. The molecule has 1 aliphatic heterocycles. The molecule has 1 aliphatic rings. The molecule has 0 aromatic carbocycles. The van der Waals surface area contributed by atoms with E-state index in [4.69, 9.17) is 10.5 Å². The highest BCUT2D eigenvalue weighted by atomic mass is 16.6. The molecule has 1 amide bonds. The third kappa shape index (κ3) is 6.18. The van der Waals surface area contributed by atoms with Gasteiger partial charge in [-0.15, -0.1) is 0 Å². The molecule has 0 bridgehead atoms. The fourth-order valence-electron chi connectivity index (χ4n) is 1.82. The third-order valence-electron chi connectivity index (χ3n) is 2.72. The van der Waals surface area contributed by atoms with Crippen LogP contribution in [-0.2, 0) is 4.74 Å². The van der Waals surface area contributed by atoms with Crippen molar-refractivity contribution in [1.29, 1.82) is 0 Å². The zero-order valence-electron chi connectivity index (χ0n) is 11.6. The summed E-state index contributed by atoms with van der Waals surface area (Å²) in [5, 5.41) is 9.30. The van der Waals surface area contributed by atoms with E-state index in [2.05, 4.69) is 16.0 Å². The van der Waals surface area contributed by atoms with Gasteiger partial charge in [0.15, 0.2) is 0 Å². The highest BCUT2D eigenvalue weighted by molar-refractivity contribution is 5.67. The Morgan fingerprint density at radius 2 is 1.89 bits per heavy atom. The molecule has 106 valence electrons. The second-order valence-corrected chi connectivity index (χ2v) is 5.89. The molecule has 1 fully saturated rings. The maximum Gasteiger partial charge on any atom is 0.407 e. The summed E-state index contributed by atoms with van der Waals surface area (Å²) in [6.45, 7) is 9.43. The quantitative estimate of drug-likeness (QED) is 0.563. The number of hydrogen-bond acceptors (Lipinski definition) is 5. The highest BCUT2D eigenvalue weighted by Gasteiger charge is 2.26. The van der Waals surface area contributed by atoms with Crippen molar-refractivity contribution in [2.24, 2.45) is 5.73 Å². The van der Waals surface area contributed by atoms with E-state index in [-0.39, 0.29) is 11.6 Å². The lowest BCUT2D eigenvalue weighted by atomic mass is 9.96. The fourth-order valence-corrected chi connectivity index (χ4v) is 1.82. The van der Waals surface area contributed by atoms with Crippen LogP contribution in [0.5, 0.6) is 0 Å². The lowest BCUT2D eigenvalue weighted by molar-refractivity contribution is 0.0524. The van der Waals surface area contributed by atoms with Crippen LogP contribution in [0, 0.1) is 0 Å². The van der Waals surface area contributed by atoms with Crippen molar-refractivity contribution in [2.75, 3.05) is 32.7 Å². The minimum absolute atomic E-state index is 0.314. The third-order valence-corrected chi connectivity index (χ3v) is 2.72. The molecule has 1 saturated heterocycles. The first-order chi connectivity index (χ1) is 8.31. The van der Waals surface area contributed by atoms with Gasteiger partial charge in [-0.2, -0.15) is 0 Å². The summed E-state index contributed by atoms with van der Waals surface area (Å²) in [7, 11) is 0. The second-order valence-electron chi connectivity index (χ2n) is 5.89. The molecule has 0 unspecified atom stereocenters. The number of carbonyl (C=O) groups is 1. The summed E-state index contributed by atoms with van der Waals surface area (Å²) in [6.07, 6.45) is 0.326. The van der Waals surface area contributed by atoms with Gasteiger partial charge in [0, 0.05) is 38.3 Å². The van der Waals surface area contributed by atoms with Crippen LogP contribution in [0.4, 0.5) is 4.79 Å². The van der Waals surface area contributed by atoms with E-state index in [1.807, 2.05) is 20.8 Å². The first-order valence-corrected chi connectivity index (χ1v) is 6.48. The molecule has 0 spiro atoms. The number of alkyl carbamates (subject to hydrolysis) is 1. The molecule has 0 atom stereocenters. The van der Waals surface area contributed by atoms with Crippen molar-refractivity contribution >= 4 is 6.09 Å². The SMILES string of the molecule is CC(C)(C)OC(=O)NCCC1(N)CNCCNC1. The van der Waals surface area contributed by atoms with E-state index in [0.717, 1.165) is 26.2 Å². The number of nitrogens with two attached hydrogens (primary N) is 1. The van der Waals surface area contributed by atoms with Crippen molar-refractivity contribution in [2.45, 2.75) is 38.3 Å². The van der Waals surface area contributed by atoms with Crippen molar-refractivity contribution < 1.29 is 9.53 Å². The number of rotatable bonds is 3. The smallest absolute Gasteiger partial charge is 0.407 e. The van der Waals surface area contributed by atoms with Gasteiger partial charge in [-0.05, 0) is 27.2 Å². The van der Waals surface area contributed by atoms with Crippen LogP contribution in [0.1, 0.15) is 27.2 Å². The fraction of sp³-hybridized carbons (Fsp3) is 0.917. The van der Waals surface area contributed by atoms with Crippen LogP contribution >= 0.6 is 0 Å². The van der Waals surface area contributed by atoms with E-state index in [0.29, 0.717) is 13.0 Å². The van der Waals surface area contributed by atoms with Gasteiger partial charge in [-0.3, -0.25) is 0 Å². The zero-order valence-corrected chi connectivity index (χ0v) is 11.6. The molecule has 0 radical (unpaired) electrons. The Labute approximate surface area is 109 Å². The largest absolute Gasteiger partial charge is 0.444 e. The summed E-state index contributed by atoms with van der Waals surface area (Å²) in [4.78, 5) is 11.5. The van der Waals surface area contributed by atoms with Crippen molar-refractivity contribution in [3.8, 4) is 0 Å². The number of carbonyl (C=O) groups excluding carboxylic acids is 1. The molecular weight excluding hydrogens is 232 g/mol. The zero-order chi connectivity index (χ0) is 13.6. The van der Waals surface area contributed by atoms with Gasteiger partial charge in [-0.25, -0.2) is 4.79 Å². The standard InChI is InChI=1S/C12H26N4O2/c1-11(2,3)18-10(17)16-5-4-12(13)8-14-6-7-15-9-12/h14-15H,4-9,13H2,1-3H3,(H,16,17). The lowest BCUT2D eigenvalue weighted by Gasteiger charge is -2.28. The first kappa shape index (κ1) is 15.2. The molecule has 18 heavy (non-hydrogen) atoms. The topological polar surface area (TPSA) is 88.4 Å². The summed E-state index contributed by atoms with van der Waals surface area (Å²) in [5.74, 6) is 0. The Hall–Kier alpha value is -0.850. The van der Waals surface area contributed by atoms with E-state index in [1.165, 1.54) is 0 Å². The first-order valence-electron chi connectivity index (χ1n) is 6.48. The molecule has 6 heteroatoms. The Bertz CT molecular complexity index is 268. The Kier molecular flexibility index (Phi) is 5.37. The van der Waals surface area contributed by atoms with Gasteiger partial charge in [0.25, 0.3) is 0 Å². The Morgan fingerprint density at radius 3 is 2.39 bits per heavy atom. The van der Waals surface area contributed by atoms with Crippen molar-refractivity contribution in [3.05, 3.63) is 0 Å². The van der Waals surface area contributed by atoms with Crippen LogP contribution in [0.15, 0.2) is 0 Å². The summed E-state index contributed by atoms with van der Waals surface area (Å²) in [6, 6.07) is 0. The predicted octanol–water partition coefficient (Wildman–Crippen LogP) is -0.208. The second kappa shape index (κ2) is 6.36. The van der Waals surface area contributed by atoms with E-state index in [1.54, 1.807) is 0 Å². The lowest BCUT2D eigenvalue weighted by Crippen LogP contribution is -2.54. The minimum atomic E-state index is -0.462. The predicted molar refractivity (Wildman–Crippen MR) is 71.5 cm³/mol. The molecular formula is C12H26N4O2. The molecule has 0 aromatic rings. The Morgan fingerprint density at radius 1 is 1.33 bits per heavy atom. The van der Waals surface area contributed by atoms with Crippen molar-refractivity contribution in [3.63, 3.8) is 0 Å². The number of amides is 1. The van der Waals surface area contributed by atoms with E-state index in [9.17, 15) is 4.79 Å². The van der Waals surface area contributed by atoms with Crippen LogP contribution in [0.25, 0.3) is 0 Å². The molecule has 0 saturated carbocycles. The van der Waals surface area contributed by atoms with Crippen LogP contribution in [0.2, 0.25) is 0 Å². The van der Waals surface area contributed by atoms with Gasteiger partial charge in [0.05, 0.1) is 0 Å². The molecule has 1 rings (SSSR count). The van der Waals surface area contributed by atoms with Gasteiger partial charge >= 0.3 is 6.09 Å². The summed E-state index contributed by atoms with van der Waals surface area (Å²) < 4.78 is 5.16. The summed E-state index contributed by atoms with van der Waals surface area (Å²) >= 11 is 0. The maximum absolute atomic E-state index is 11.5. The van der Waals surface area contributed by atoms with Crippen LogP contribution in [0.3, 0.4) is 0 Å². The molecule has 5 N–H and O–H groups in total. The van der Waals surface area contributed by atoms with Crippen LogP contribution in [-0.4, -0.2) is 50.0 Å². The van der Waals surface area contributed by atoms with Crippen molar-refractivity contribution in [1.82, 2.24) is 16.0 Å². The van der Waals surface area contributed by atoms with Crippen LogP contribution < -0.4 is 21.7 Å². The maximum atomic E-state index is 11.5. The average molecular weight is 258 g/mol. The van der Waals surface area contributed by atoms with E-state index < -0.39 is 5.60 Å². The molecule has 0 aliphatic carbocycles. The van der Waals surface area contributed by atoms with Gasteiger partial charge in [-0.1, -0.05) is 0 Å². The number of hydrogen-bond donors (Lipinski definition) is 4. The van der Waals surface area contributed by atoms with Gasteiger partial charge < -0.3 is 26.4 Å². The van der Waals surface area contributed by atoms with Gasteiger partial charge in [0.1, 0.15) is 5.60 Å². The van der Waals surface area contributed by atoms with Gasteiger partial charge in [0.2, 0.25) is 0 Å². The molecule has 0 aromatic heterocycles. The summed E-state index contributed by atoms with van der Waals surface area (Å²) in [5.41, 5.74) is 5.48. The highest BCUT2D eigenvalue weighted by Crippen LogP contribution is 2.08. The molecule has 1 heterocycles. The minimum Gasteiger partial charge on any atom is -0.444 e. The number of nitrogens with one attached hydrogen (secondary N) is 3. The number of ether oxygens (including phenoxy) is 1. The van der Waals surface area contributed by atoms with E-state index >= 15 is 0 Å². The monoisotopic (exact) mass is 258 g/mol. The average Bonchev–Trinajstić information content (AvgIpc) is 2.40. The Balaban J connectivity index is 2.25. The normalized spacial score (nSPS) is 20.0.